The van der Waals surface area contributed by atoms with Gasteiger partial charge in [0.25, 0.3) is 0 Å². The molecule has 1 aliphatic carbocycles. The first-order chi connectivity index (χ1) is 17.0. The van der Waals surface area contributed by atoms with Crippen molar-refractivity contribution in [2.45, 2.75) is 38.3 Å². The second kappa shape index (κ2) is 8.64. The summed E-state index contributed by atoms with van der Waals surface area (Å²) in [5.41, 5.74) is 4.32. The summed E-state index contributed by atoms with van der Waals surface area (Å²) in [6, 6.07) is 18.2. The molecular weight excluding hydrogens is 438 g/mol. The van der Waals surface area contributed by atoms with E-state index in [0.29, 0.717) is 5.69 Å². The van der Waals surface area contributed by atoms with Crippen molar-refractivity contribution in [2.75, 3.05) is 25.5 Å². The highest BCUT2D eigenvalue weighted by atomic mass is 16.2. The molecule has 2 aromatic carbocycles. The average molecular weight is 470 g/mol. The molecule has 1 saturated heterocycles. The van der Waals surface area contributed by atoms with E-state index in [1.807, 2.05) is 48.5 Å². The Kier molecular flexibility index (Phi) is 5.44. The maximum absolute atomic E-state index is 13.4. The van der Waals surface area contributed by atoms with Gasteiger partial charge in [-0.15, -0.1) is 0 Å². The summed E-state index contributed by atoms with van der Waals surface area (Å²) in [5, 5.41) is 7.43. The molecule has 1 N–H and O–H groups in total. The van der Waals surface area contributed by atoms with Gasteiger partial charge in [0.2, 0.25) is 11.8 Å². The van der Waals surface area contributed by atoms with Gasteiger partial charge in [-0.3, -0.25) is 14.5 Å². The molecule has 7 nitrogen and oxygen atoms in total. The first-order valence-corrected chi connectivity index (χ1v) is 12.5. The quantitative estimate of drug-likeness (QED) is 0.635. The molecule has 180 valence electrons. The van der Waals surface area contributed by atoms with Gasteiger partial charge in [0.05, 0.1) is 29.8 Å². The lowest BCUT2D eigenvalue weighted by atomic mass is 9.89. The van der Waals surface area contributed by atoms with Gasteiger partial charge >= 0.3 is 0 Å². The zero-order valence-electron chi connectivity index (χ0n) is 20.1. The smallest absolute Gasteiger partial charge is 0.240 e. The maximum Gasteiger partial charge on any atom is 0.240 e. The first-order valence-electron chi connectivity index (χ1n) is 12.5. The van der Waals surface area contributed by atoms with Gasteiger partial charge in [-0.2, -0.15) is 5.10 Å². The van der Waals surface area contributed by atoms with Crippen LogP contribution in [0.15, 0.2) is 67.0 Å². The van der Waals surface area contributed by atoms with E-state index in [-0.39, 0.29) is 29.2 Å². The zero-order valence-corrected chi connectivity index (χ0v) is 20.1. The average Bonchev–Trinajstić information content (AvgIpc) is 3.38. The van der Waals surface area contributed by atoms with E-state index in [2.05, 4.69) is 39.6 Å². The van der Waals surface area contributed by atoms with Gasteiger partial charge in [0.15, 0.2) is 0 Å². The minimum absolute atomic E-state index is 0.0176. The summed E-state index contributed by atoms with van der Waals surface area (Å²) in [7, 11) is 2.05. The lowest BCUT2D eigenvalue weighted by molar-refractivity contribution is -0.138. The van der Waals surface area contributed by atoms with Crippen LogP contribution in [0.2, 0.25) is 0 Å². The maximum atomic E-state index is 13.4. The SMILES string of the molecule is CN1Cc2ccccc2CC1C(=O)N1CCC2(CC1)CC2C(=O)Nc1cnn(-c2ccccc2)c1. The van der Waals surface area contributed by atoms with Crippen molar-refractivity contribution >= 4 is 17.5 Å². The molecule has 2 fully saturated rings. The number of hydrogen-bond acceptors (Lipinski definition) is 4. The topological polar surface area (TPSA) is 70.5 Å². The molecule has 6 rings (SSSR count). The van der Waals surface area contributed by atoms with E-state index < -0.39 is 0 Å². The van der Waals surface area contributed by atoms with E-state index in [9.17, 15) is 9.59 Å². The fourth-order valence-electron chi connectivity index (χ4n) is 5.92. The van der Waals surface area contributed by atoms with Crippen molar-refractivity contribution in [3.63, 3.8) is 0 Å². The Bertz CT molecular complexity index is 1240. The van der Waals surface area contributed by atoms with Crippen molar-refractivity contribution in [3.8, 4) is 5.69 Å². The van der Waals surface area contributed by atoms with Crippen LogP contribution in [0.3, 0.4) is 0 Å². The number of nitrogens with zero attached hydrogens (tertiary/aromatic N) is 4. The summed E-state index contributed by atoms with van der Waals surface area (Å²) in [5.74, 6) is 0.317. The second-order valence-corrected chi connectivity index (χ2v) is 10.3. The number of rotatable bonds is 4. The number of hydrogen-bond donors (Lipinski definition) is 1. The summed E-state index contributed by atoms with van der Waals surface area (Å²) in [4.78, 5) is 30.6. The van der Waals surface area contributed by atoms with Crippen LogP contribution in [0.25, 0.3) is 5.69 Å². The molecule has 2 atom stereocenters. The van der Waals surface area contributed by atoms with Crippen molar-refractivity contribution in [1.82, 2.24) is 19.6 Å². The minimum atomic E-state index is -0.0987. The largest absolute Gasteiger partial charge is 0.341 e. The lowest BCUT2D eigenvalue weighted by Crippen LogP contribution is -2.52. The number of aromatic nitrogens is 2. The first kappa shape index (κ1) is 22.0. The Balaban J connectivity index is 1.04. The molecule has 2 aliphatic heterocycles. The van der Waals surface area contributed by atoms with E-state index in [1.165, 1.54) is 11.1 Å². The van der Waals surface area contributed by atoms with Crippen molar-refractivity contribution in [3.05, 3.63) is 78.1 Å². The number of nitrogens with one attached hydrogen (secondary N) is 1. The number of benzene rings is 2. The molecule has 7 heteroatoms. The normalized spacial score (nSPS) is 23.1. The predicted octanol–water partition coefficient (Wildman–Crippen LogP) is 3.50. The molecule has 3 aromatic rings. The van der Waals surface area contributed by atoms with Gasteiger partial charge < -0.3 is 10.2 Å². The van der Waals surface area contributed by atoms with Crippen molar-refractivity contribution < 1.29 is 9.59 Å². The summed E-state index contributed by atoms with van der Waals surface area (Å²) >= 11 is 0. The fourth-order valence-corrected chi connectivity index (χ4v) is 5.92. The zero-order chi connectivity index (χ0) is 24.0. The highest BCUT2D eigenvalue weighted by Gasteiger charge is 2.59. The Morgan fingerprint density at radius 2 is 1.71 bits per heavy atom. The number of para-hydroxylation sites is 1. The molecule has 3 heterocycles. The molecule has 3 aliphatic rings. The Morgan fingerprint density at radius 1 is 1.00 bits per heavy atom. The third kappa shape index (κ3) is 4.14. The number of fused-ring (bicyclic) bond motifs is 1. The van der Waals surface area contributed by atoms with Gasteiger partial charge in [0.1, 0.15) is 0 Å². The van der Waals surface area contributed by atoms with Crippen LogP contribution in [0.4, 0.5) is 5.69 Å². The summed E-state index contributed by atoms with van der Waals surface area (Å²) < 4.78 is 1.77. The van der Waals surface area contributed by atoms with Gasteiger partial charge in [0, 0.05) is 25.6 Å². The second-order valence-electron chi connectivity index (χ2n) is 10.3. The molecule has 35 heavy (non-hydrogen) atoms. The Labute approximate surface area is 205 Å². The van der Waals surface area contributed by atoms with Gasteiger partial charge in [-0.25, -0.2) is 4.68 Å². The predicted molar refractivity (Wildman–Crippen MR) is 134 cm³/mol. The third-order valence-corrected chi connectivity index (χ3v) is 8.22. The number of anilines is 1. The minimum Gasteiger partial charge on any atom is -0.341 e. The molecule has 2 amide bonds. The molecule has 2 unspecified atom stereocenters. The van der Waals surface area contributed by atoms with Crippen LogP contribution in [0.5, 0.6) is 0 Å². The number of carbonyl (C=O) groups excluding carboxylic acids is 2. The molecule has 0 bridgehead atoms. The van der Waals surface area contributed by atoms with Gasteiger partial charge in [-0.1, -0.05) is 42.5 Å². The van der Waals surface area contributed by atoms with Crippen LogP contribution in [-0.4, -0.2) is 57.6 Å². The molecule has 0 radical (unpaired) electrons. The highest BCUT2D eigenvalue weighted by Crippen LogP contribution is 2.59. The summed E-state index contributed by atoms with van der Waals surface area (Å²) in [6.45, 7) is 2.29. The Morgan fingerprint density at radius 3 is 2.49 bits per heavy atom. The third-order valence-electron chi connectivity index (χ3n) is 8.22. The molecule has 1 saturated carbocycles. The van der Waals surface area contributed by atoms with E-state index in [0.717, 1.165) is 51.0 Å². The lowest BCUT2D eigenvalue weighted by Gasteiger charge is -2.39. The number of amides is 2. The van der Waals surface area contributed by atoms with E-state index in [4.69, 9.17) is 0 Å². The Hall–Kier alpha value is -3.45. The van der Waals surface area contributed by atoms with Gasteiger partial charge in [-0.05, 0) is 61.4 Å². The molecule has 1 spiro atoms. The van der Waals surface area contributed by atoms with Crippen LogP contribution < -0.4 is 5.32 Å². The fraction of sp³-hybridized carbons (Fsp3) is 0.393. The summed E-state index contributed by atoms with van der Waals surface area (Å²) in [6.07, 6.45) is 7.02. The number of piperidine rings is 1. The van der Waals surface area contributed by atoms with Crippen LogP contribution in [-0.2, 0) is 22.6 Å². The standard InChI is InChI=1S/C28H31N5O2/c1-31-18-21-8-6-5-7-20(21)15-25(31)27(35)32-13-11-28(12-14-32)16-24(28)26(34)30-22-17-29-33(19-22)23-9-3-2-4-10-23/h2-10,17,19,24-25H,11-16,18H2,1H3,(H,30,34). The van der Waals surface area contributed by atoms with Crippen LogP contribution in [0.1, 0.15) is 30.4 Å². The number of likely N-dealkylation sites (tertiary alicyclic amines) is 1. The highest BCUT2D eigenvalue weighted by molar-refractivity contribution is 5.95. The van der Waals surface area contributed by atoms with Crippen LogP contribution >= 0.6 is 0 Å². The monoisotopic (exact) mass is 469 g/mol. The number of carbonyl (C=O) groups is 2. The van der Waals surface area contributed by atoms with E-state index >= 15 is 0 Å². The van der Waals surface area contributed by atoms with Crippen LogP contribution in [0, 0.1) is 11.3 Å². The molecular formula is C28H31N5O2. The van der Waals surface area contributed by atoms with Crippen molar-refractivity contribution in [1.29, 1.82) is 0 Å². The number of likely N-dealkylation sites (N-methyl/N-ethyl adjacent to an activating group) is 1. The molecule has 1 aromatic heterocycles. The van der Waals surface area contributed by atoms with E-state index in [1.54, 1.807) is 10.9 Å². The van der Waals surface area contributed by atoms with Crippen molar-refractivity contribution in [2.24, 2.45) is 11.3 Å².